The second-order valence-corrected chi connectivity index (χ2v) is 7.84. The molecular formula is C15H20BNO3S. The molecule has 1 aromatic carbocycles. The zero-order valence-corrected chi connectivity index (χ0v) is 12.9. The second-order valence-electron chi connectivity index (χ2n) is 6.42. The molecule has 0 spiro atoms. The van der Waals surface area contributed by atoms with E-state index in [1.54, 1.807) is 11.8 Å². The van der Waals surface area contributed by atoms with Gasteiger partial charge in [0.2, 0.25) is 0 Å². The van der Waals surface area contributed by atoms with E-state index in [9.17, 15) is 10.1 Å². The molecule has 6 heteroatoms. The summed E-state index contributed by atoms with van der Waals surface area (Å²) in [4.78, 5) is 0.861. The van der Waals surface area contributed by atoms with Crippen LogP contribution in [0.5, 0.6) is 11.5 Å². The molecule has 4 atom stereocenters. The van der Waals surface area contributed by atoms with Gasteiger partial charge in [-0.1, -0.05) is 13.0 Å². The Morgan fingerprint density at radius 1 is 1.48 bits per heavy atom. The van der Waals surface area contributed by atoms with E-state index in [0.717, 1.165) is 30.0 Å². The molecule has 2 aliphatic heterocycles. The van der Waals surface area contributed by atoms with Crippen LogP contribution in [-0.2, 0) is 0 Å². The molecule has 1 aromatic rings. The van der Waals surface area contributed by atoms with Gasteiger partial charge in [0, 0.05) is 11.1 Å². The first-order valence-electron chi connectivity index (χ1n) is 7.73. The number of hydrogen-bond acceptors (Lipinski definition) is 5. The maximum Gasteiger partial charge on any atom is 0.526 e. The summed E-state index contributed by atoms with van der Waals surface area (Å²) < 4.78 is 5.54. The molecule has 3 N–H and O–H groups in total. The minimum absolute atomic E-state index is 0.208. The van der Waals surface area contributed by atoms with Crippen molar-refractivity contribution >= 4 is 18.9 Å². The van der Waals surface area contributed by atoms with Crippen LogP contribution in [0.2, 0.25) is 5.82 Å². The number of rotatable bonds is 3. The van der Waals surface area contributed by atoms with Crippen LogP contribution >= 0.6 is 11.8 Å². The van der Waals surface area contributed by atoms with E-state index in [0.29, 0.717) is 22.8 Å². The fourth-order valence-electron chi connectivity index (χ4n) is 3.55. The fraction of sp³-hybridized carbons (Fsp3) is 0.600. The predicted molar refractivity (Wildman–Crippen MR) is 84.1 cm³/mol. The van der Waals surface area contributed by atoms with Crippen molar-refractivity contribution in [1.29, 1.82) is 0 Å². The molecule has 21 heavy (non-hydrogen) atoms. The summed E-state index contributed by atoms with van der Waals surface area (Å²) >= 11 is 1.70. The molecule has 1 saturated heterocycles. The summed E-state index contributed by atoms with van der Waals surface area (Å²) in [5.41, 5.74) is 1.06. The van der Waals surface area contributed by atoms with Gasteiger partial charge in [0.05, 0.1) is 4.90 Å². The van der Waals surface area contributed by atoms with Gasteiger partial charge >= 0.3 is 7.12 Å². The Hall–Kier alpha value is -0.845. The molecule has 112 valence electrons. The van der Waals surface area contributed by atoms with Gasteiger partial charge in [-0.25, -0.2) is 0 Å². The average molecular weight is 305 g/mol. The monoisotopic (exact) mass is 305 g/mol. The van der Waals surface area contributed by atoms with Gasteiger partial charge in [0.25, 0.3) is 0 Å². The van der Waals surface area contributed by atoms with E-state index in [4.69, 9.17) is 4.65 Å². The zero-order chi connectivity index (χ0) is 14.6. The number of phenols is 1. The summed E-state index contributed by atoms with van der Waals surface area (Å²) in [5.74, 6) is 1.94. The van der Waals surface area contributed by atoms with Gasteiger partial charge < -0.3 is 20.1 Å². The lowest BCUT2D eigenvalue weighted by Gasteiger charge is -2.23. The lowest BCUT2D eigenvalue weighted by molar-refractivity contribution is 0.369. The lowest BCUT2D eigenvalue weighted by atomic mass is 9.77. The highest BCUT2D eigenvalue weighted by Crippen LogP contribution is 2.62. The molecule has 0 aromatic heterocycles. The number of thioether (sulfide) groups is 1. The van der Waals surface area contributed by atoms with Gasteiger partial charge in [0.15, 0.2) is 5.75 Å². The summed E-state index contributed by atoms with van der Waals surface area (Å²) in [6.07, 6.45) is 2.16. The Kier molecular flexibility index (Phi) is 3.36. The average Bonchev–Trinajstić information content (AvgIpc) is 3.09. The second kappa shape index (κ2) is 5.11. The van der Waals surface area contributed by atoms with Crippen LogP contribution in [0.1, 0.15) is 31.2 Å². The number of aromatic hydroxyl groups is 1. The van der Waals surface area contributed by atoms with Crippen LogP contribution in [-0.4, -0.2) is 35.6 Å². The number of hydrogen-bond donors (Lipinski definition) is 3. The standard InChI is InChI=1S/C15H20BNO3S/c1-8(9-4-5-17-7-9)21-13-3-2-10-11-6-12(11)16(19)20-15(10)14(13)18/h2-3,8-9,11-12,17-19H,4-7H2,1H3/t8-,9+,11+,12+/m1/s1. The van der Waals surface area contributed by atoms with Gasteiger partial charge in [0.1, 0.15) is 5.75 Å². The summed E-state index contributed by atoms with van der Waals surface area (Å²) in [5, 5.41) is 24.2. The summed E-state index contributed by atoms with van der Waals surface area (Å²) in [7, 11) is -0.759. The number of fused-ring (bicyclic) bond motifs is 3. The third-order valence-electron chi connectivity index (χ3n) is 5.04. The van der Waals surface area contributed by atoms with Crippen molar-refractivity contribution in [1.82, 2.24) is 5.32 Å². The first-order chi connectivity index (χ1) is 10.1. The van der Waals surface area contributed by atoms with Gasteiger partial charge in [-0.05, 0) is 49.4 Å². The number of benzene rings is 1. The predicted octanol–water partition coefficient (Wildman–Crippen LogP) is 2.21. The Labute approximate surface area is 129 Å². The topological polar surface area (TPSA) is 61.7 Å². The molecule has 2 fully saturated rings. The zero-order valence-electron chi connectivity index (χ0n) is 12.1. The SMILES string of the molecule is C[C@@H](Sc1ccc2c(c1O)OB(O)[C@H]1C[C@@H]21)[C@H]1CCNC1. The molecule has 4 nitrogen and oxygen atoms in total. The molecule has 0 bridgehead atoms. The van der Waals surface area contributed by atoms with Gasteiger partial charge in [-0.15, -0.1) is 11.8 Å². The Bertz CT molecular complexity index is 564. The van der Waals surface area contributed by atoms with Crippen molar-refractivity contribution in [2.24, 2.45) is 5.92 Å². The lowest BCUT2D eigenvalue weighted by Crippen LogP contribution is -2.26. The van der Waals surface area contributed by atoms with E-state index in [1.807, 2.05) is 6.07 Å². The van der Waals surface area contributed by atoms with Crippen LogP contribution in [0.4, 0.5) is 0 Å². The van der Waals surface area contributed by atoms with E-state index >= 15 is 0 Å². The number of nitrogens with one attached hydrogen (secondary N) is 1. The molecule has 1 saturated carbocycles. The van der Waals surface area contributed by atoms with Gasteiger partial charge in [-0.2, -0.15) is 0 Å². The Morgan fingerprint density at radius 2 is 2.33 bits per heavy atom. The molecular weight excluding hydrogens is 285 g/mol. The Morgan fingerprint density at radius 3 is 3.10 bits per heavy atom. The van der Waals surface area contributed by atoms with E-state index < -0.39 is 7.12 Å². The van der Waals surface area contributed by atoms with E-state index in [1.165, 1.54) is 6.42 Å². The molecule has 2 heterocycles. The first kappa shape index (κ1) is 13.8. The maximum atomic E-state index is 10.5. The van der Waals surface area contributed by atoms with Crippen LogP contribution < -0.4 is 9.97 Å². The highest BCUT2D eigenvalue weighted by Gasteiger charge is 2.54. The first-order valence-corrected chi connectivity index (χ1v) is 8.61. The largest absolute Gasteiger partial charge is 0.533 e. The van der Waals surface area contributed by atoms with Gasteiger partial charge in [-0.3, -0.25) is 0 Å². The van der Waals surface area contributed by atoms with Crippen molar-refractivity contribution in [3.8, 4) is 11.5 Å². The molecule has 0 amide bonds. The highest BCUT2D eigenvalue weighted by molar-refractivity contribution is 8.00. The maximum absolute atomic E-state index is 10.5. The fourth-order valence-corrected chi connectivity index (χ4v) is 4.73. The van der Waals surface area contributed by atoms with E-state index in [2.05, 4.69) is 18.3 Å². The van der Waals surface area contributed by atoms with Crippen molar-refractivity contribution in [2.45, 2.75) is 41.6 Å². The van der Waals surface area contributed by atoms with Crippen LogP contribution in [0.3, 0.4) is 0 Å². The molecule has 3 aliphatic rings. The minimum Gasteiger partial charge on any atom is -0.533 e. The van der Waals surface area contributed by atoms with Crippen LogP contribution in [0.25, 0.3) is 0 Å². The molecule has 4 rings (SSSR count). The number of phenolic OH excluding ortho intramolecular Hbond substituents is 1. The highest BCUT2D eigenvalue weighted by atomic mass is 32.2. The van der Waals surface area contributed by atoms with E-state index in [-0.39, 0.29) is 11.6 Å². The van der Waals surface area contributed by atoms with Crippen molar-refractivity contribution in [3.63, 3.8) is 0 Å². The van der Waals surface area contributed by atoms with Crippen LogP contribution in [0, 0.1) is 5.92 Å². The third-order valence-corrected chi connectivity index (χ3v) is 6.38. The van der Waals surface area contributed by atoms with Crippen LogP contribution in [0.15, 0.2) is 17.0 Å². The quantitative estimate of drug-likeness (QED) is 0.590. The molecule has 1 aliphatic carbocycles. The van der Waals surface area contributed by atoms with Crippen molar-refractivity contribution < 1.29 is 14.8 Å². The molecule has 0 unspecified atom stereocenters. The minimum atomic E-state index is -0.759. The normalized spacial score (nSPS) is 31.3. The Balaban J connectivity index is 1.57. The smallest absolute Gasteiger partial charge is 0.526 e. The summed E-state index contributed by atoms with van der Waals surface area (Å²) in [6, 6.07) is 4.07. The van der Waals surface area contributed by atoms with Crippen molar-refractivity contribution in [2.75, 3.05) is 13.1 Å². The molecule has 0 radical (unpaired) electrons. The van der Waals surface area contributed by atoms with Crippen molar-refractivity contribution in [3.05, 3.63) is 17.7 Å². The summed E-state index contributed by atoms with van der Waals surface area (Å²) in [6.45, 7) is 4.36. The third kappa shape index (κ3) is 2.33.